The molecule has 0 amide bonds. The minimum Gasteiger partial charge on any atom is -0.491 e. The van der Waals surface area contributed by atoms with Crippen LogP contribution in [-0.2, 0) is 31.8 Å². The first kappa shape index (κ1) is 30.9. The third kappa shape index (κ3) is 10.5. The van der Waals surface area contributed by atoms with Crippen molar-refractivity contribution in [2.45, 2.75) is 51.5 Å². The van der Waals surface area contributed by atoms with Crippen LogP contribution < -0.4 is 18.9 Å². The van der Waals surface area contributed by atoms with Gasteiger partial charge in [-0.1, -0.05) is 48.5 Å². The van der Waals surface area contributed by atoms with Crippen LogP contribution in [0.4, 0.5) is 0 Å². The zero-order valence-electron chi connectivity index (χ0n) is 25.8. The Kier molecular flexibility index (Phi) is 10.5. The zero-order valence-corrected chi connectivity index (χ0v) is 25.8. The molecule has 8 heteroatoms. The van der Waals surface area contributed by atoms with Gasteiger partial charge in [0.15, 0.2) is 19.4 Å². The molecule has 2 heterocycles. The van der Waals surface area contributed by atoms with Gasteiger partial charge in [-0.05, 0) is 97.5 Å². The summed E-state index contributed by atoms with van der Waals surface area (Å²) >= 11 is 0. The number of ether oxygens (including phenoxy) is 8. The van der Waals surface area contributed by atoms with E-state index < -0.39 is 12.6 Å². The average Bonchev–Trinajstić information content (AvgIpc) is 3.99. The highest BCUT2D eigenvalue weighted by Crippen LogP contribution is 2.22. The fraction of sp³-hybridized carbons (Fsp3) is 0.351. The topological polar surface area (TPSA) is 80.4 Å². The van der Waals surface area contributed by atoms with Crippen molar-refractivity contribution in [3.63, 3.8) is 0 Å². The first-order valence-electron chi connectivity index (χ1n) is 15.5. The molecule has 0 spiro atoms. The lowest BCUT2D eigenvalue weighted by atomic mass is 10.0. The normalized spacial score (nSPS) is 18.1. The van der Waals surface area contributed by atoms with Crippen molar-refractivity contribution in [2.24, 2.45) is 0 Å². The molecule has 4 unspecified atom stereocenters. The van der Waals surface area contributed by atoms with Gasteiger partial charge in [-0.25, -0.2) is 0 Å². The second-order valence-corrected chi connectivity index (χ2v) is 11.3. The highest BCUT2D eigenvalue weighted by atomic mass is 16.8. The van der Waals surface area contributed by atoms with E-state index in [0.717, 1.165) is 49.1 Å². The molecule has 236 valence electrons. The van der Waals surface area contributed by atoms with Gasteiger partial charge >= 0.3 is 0 Å². The minimum atomic E-state index is -0.483. The summed E-state index contributed by atoms with van der Waals surface area (Å²) in [6, 6.07) is 32.4. The van der Waals surface area contributed by atoms with Crippen molar-refractivity contribution < 1.29 is 37.9 Å². The molecule has 4 atom stereocenters. The third-order valence-electron chi connectivity index (χ3n) is 7.40. The Morgan fingerprint density at radius 1 is 0.511 bits per heavy atom. The highest BCUT2D eigenvalue weighted by molar-refractivity contribution is 5.35. The molecular weight excluding hydrogens is 572 g/mol. The van der Waals surface area contributed by atoms with Crippen LogP contribution >= 0.6 is 0 Å². The Labute approximate surface area is 264 Å². The summed E-state index contributed by atoms with van der Waals surface area (Å²) in [4.78, 5) is 0. The molecule has 6 rings (SSSR count). The molecule has 2 fully saturated rings. The lowest BCUT2D eigenvalue weighted by Crippen LogP contribution is -2.23. The lowest BCUT2D eigenvalue weighted by Gasteiger charge is -2.19. The average molecular weight is 613 g/mol. The molecule has 45 heavy (non-hydrogen) atoms. The quantitative estimate of drug-likeness (QED) is 0.0923. The van der Waals surface area contributed by atoms with Crippen LogP contribution in [0.1, 0.15) is 36.1 Å². The standard InChI is InChI=1S/C37H40O8/c1-26(44-34-15-7-30(8-16-34)19-28-3-11-32(12-4-28)38-21-36-23-40-36)42-25-43-27(2)45-35-17-9-31(10-18-35)20-29-5-13-33(14-6-29)39-22-37-24-41-37/h3-18,26-27,36-37H,19-25H2,1-2H3. The van der Waals surface area contributed by atoms with E-state index in [1.54, 1.807) is 0 Å². The van der Waals surface area contributed by atoms with Gasteiger partial charge in [-0.15, -0.1) is 0 Å². The van der Waals surface area contributed by atoms with Gasteiger partial charge in [0.2, 0.25) is 0 Å². The van der Waals surface area contributed by atoms with E-state index >= 15 is 0 Å². The Balaban J connectivity index is 0.859. The number of rotatable bonds is 18. The number of epoxide rings is 2. The van der Waals surface area contributed by atoms with Crippen LogP contribution in [0, 0.1) is 0 Å². The van der Waals surface area contributed by atoms with Gasteiger partial charge < -0.3 is 37.9 Å². The first-order chi connectivity index (χ1) is 22.0. The van der Waals surface area contributed by atoms with E-state index in [-0.39, 0.29) is 19.0 Å². The largest absolute Gasteiger partial charge is 0.491 e. The van der Waals surface area contributed by atoms with Crippen LogP contribution in [0.25, 0.3) is 0 Å². The predicted molar refractivity (Wildman–Crippen MR) is 169 cm³/mol. The van der Waals surface area contributed by atoms with Crippen molar-refractivity contribution in [2.75, 3.05) is 33.2 Å². The fourth-order valence-electron chi connectivity index (χ4n) is 4.64. The van der Waals surface area contributed by atoms with Crippen molar-refractivity contribution in [1.82, 2.24) is 0 Å². The van der Waals surface area contributed by atoms with Crippen LogP contribution in [-0.4, -0.2) is 58.0 Å². The van der Waals surface area contributed by atoms with E-state index in [1.165, 1.54) is 22.3 Å². The van der Waals surface area contributed by atoms with E-state index in [9.17, 15) is 0 Å². The highest BCUT2D eigenvalue weighted by Gasteiger charge is 2.23. The number of benzene rings is 4. The molecule has 2 saturated heterocycles. The maximum atomic E-state index is 5.90. The van der Waals surface area contributed by atoms with Crippen molar-refractivity contribution in [3.05, 3.63) is 119 Å². The molecule has 0 aromatic heterocycles. The minimum absolute atomic E-state index is 0.0410. The van der Waals surface area contributed by atoms with Gasteiger partial charge in [-0.2, -0.15) is 0 Å². The van der Waals surface area contributed by atoms with Crippen LogP contribution in [0.15, 0.2) is 97.1 Å². The van der Waals surface area contributed by atoms with E-state index in [1.807, 2.05) is 62.4 Å². The van der Waals surface area contributed by atoms with E-state index in [4.69, 9.17) is 37.9 Å². The van der Waals surface area contributed by atoms with E-state index in [2.05, 4.69) is 48.5 Å². The number of hydrogen-bond donors (Lipinski definition) is 0. The summed E-state index contributed by atoms with van der Waals surface area (Å²) in [6.45, 7) is 6.54. The van der Waals surface area contributed by atoms with Crippen LogP contribution in [0.5, 0.6) is 23.0 Å². The lowest BCUT2D eigenvalue weighted by molar-refractivity contribution is -0.196. The van der Waals surface area contributed by atoms with Crippen LogP contribution in [0.2, 0.25) is 0 Å². The molecule has 0 N–H and O–H groups in total. The second kappa shape index (κ2) is 15.3. The summed E-state index contributed by atoms with van der Waals surface area (Å²) < 4.78 is 45.0. The second-order valence-electron chi connectivity index (χ2n) is 11.3. The Hall–Kier alpha value is -4.08. The summed E-state index contributed by atoms with van der Waals surface area (Å²) in [5, 5.41) is 0. The Morgan fingerprint density at radius 2 is 0.822 bits per heavy atom. The molecule has 4 aromatic carbocycles. The molecule has 0 saturated carbocycles. The molecule has 8 nitrogen and oxygen atoms in total. The molecular formula is C37H40O8. The summed E-state index contributed by atoms with van der Waals surface area (Å²) in [7, 11) is 0. The Bertz CT molecular complexity index is 1330. The molecule has 0 aliphatic carbocycles. The molecule has 2 aliphatic rings. The molecule has 0 radical (unpaired) electrons. The third-order valence-corrected chi connectivity index (χ3v) is 7.40. The summed E-state index contributed by atoms with van der Waals surface area (Å²) in [5.74, 6) is 3.20. The van der Waals surface area contributed by atoms with Crippen molar-refractivity contribution >= 4 is 0 Å². The summed E-state index contributed by atoms with van der Waals surface area (Å²) in [5.41, 5.74) is 4.81. The summed E-state index contributed by atoms with van der Waals surface area (Å²) in [6.07, 6.45) is 1.20. The maximum absolute atomic E-state index is 5.90. The smallest absolute Gasteiger partial charge is 0.199 e. The van der Waals surface area contributed by atoms with Crippen molar-refractivity contribution in [1.29, 1.82) is 0 Å². The van der Waals surface area contributed by atoms with Gasteiger partial charge in [0.25, 0.3) is 0 Å². The number of hydrogen-bond acceptors (Lipinski definition) is 8. The molecule has 4 aromatic rings. The van der Waals surface area contributed by atoms with Gasteiger partial charge in [0.1, 0.15) is 48.4 Å². The van der Waals surface area contributed by atoms with Gasteiger partial charge in [-0.3, -0.25) is 0 Å². The zero-order chi connectivity index (χ0) is 30.8. The predicted octanol–water partition coefficient (Wildman–Crippen LogP) is 6.56. The van der Waals surface area contributed by atoms with Gasteiger partial charge in [0.05, 0.1) is 13.2 Å². The Morgan fingerprint density at radius 3 is 1.13 bits per heavy atom. The van der Waals surface area contributed by atoms with Crippen LogP contribution in [0.3, 0.4) is 0 Å². The molecule has 0 bridgehead atoms. The van der Waals surface area contributed by atoms with E-state index in [0.29, 0.717) is 13.2 Å². The fourth-order valence-corrected chi connectivity index (χ4v) is 4.64. The SMILES string of the molecule is CC(OCOC(C)Oc1ccc(Cc2ccc(OCC3CO3)cc2)cc1)Oc1ccc(Cc2ccc(OCC3CO3)cc2)cc1. The first-order valence-corrected chi connectivity index (χ1v) is 15.5. The van der Waals surface area contributed by atoms with Crippen molar-refractivity contribution in [3.8, 4) is 23.0 Å². The monoisotopic (exact) mass is 612 g/mol. The molecule has 2 aliphatic heterocycles. The van der Waals surface area contributed by atoms with Gasteiger partial charge in [0, 0.05) is 0 Å². The maximum Gasteiger partial charge on any atom is 0.199 e.